The van der Waals surface area contributed by atoms with Gasteiger partial charge in [0.05, 0.1) is 13.1 Å². The Hall–Kier alpha value is -3.39. The van der Waals surface area contributed by atoms with Gasteiger partial charge in [0.15, 0.2) is 5.82 Å². The fourth-order valence-electron chi connectivity index (χ4n) is 4.68. The Kier molecular flexibility index (Phi) is 6.00. The summed E-state index contributed by atoms with van der Waals surface area (Å²) in [5, 5.41) is 13.3. The van der Waals surface area contributed by atoms with Crippen LogP contribution in [0.1, 0.15) is 48.2 Å². The van der Waals surface area contributed by atoms with Gasteiger partial charge < -0.3 is 4.98 Å². The molecule has 0 bridgehead atoms. The Labute approximate surface area is 191 Å². The maximum absolute atomic E-state index is 13.3. The number of fused-ring (bicyclic) bond motifs is 1. The average molecular weight is 447 g/mol. The van der Waals surface area contributed by atoms with Gasteiger partial charge in [0.1, 0.15) is 5.82 Å². The lowest BCUT2D eigenvalue weighted by Gasteiger charge is -2.28. The second kappa shape index (κ2) is 9.23. The van der Waals surface area contributed by atoms with E-state index in [4.69, 9.17) is 0 Å². The van der Waals surface area contributed by atoms with Crippen molar-refractivity contribution in [2.24, 2.45) is 0 Å². The fourth-order valence-corrected chi connectivity index (χ4v) is 4.68. The number of tetrazole rings is 1. The number of aromatic nitrogens is 5. The van der Waals surface area contributed by atoms with Crippen molar-refractivity contribution in [3.63, 3.8) is 0 Å². The maximum Gasteiger partial charge on any atom is 0.252 e. The molecule has 1 aliphatic carbocycles. The number of hydrogen-bond donors (Lipinski definition) is 1. The summed E-state index contributed by atoms with van der Waals surface area (Å²) in [6.45, 7) is 3.57. The molecular weight excluding hydrogens is 419 g/mol. The zero-order valence-electron chi connectivity index (χ0n) is 18.7. The zero-order valence-corrected chi connectivity index (χ0v) is 18.7. The lowest BCUT2D eigenvalue weighted by atomic mass is 10.1. The van der Waals surface area contributed by atoms with Crippen molar-refractivity contribution in [3.8, 4) is 0 Å². The number of aromatic amines is 1. The molecule has 8 heteroatoms. The van der Waals surface area contributed by atoms with Crippen molar-refractivity contribution in [2.75, 3.05) is 0 Å². The highest BCUT2D eigenvalue weighted by Crippen LogP contribution is 2.26. The molecule has 0 unspecified atom stereocenters. The Balaban J connectivity index is 1.41. The minimum Gasteiger partial charge on any atom is -0.322 e. The molecule has 0 radical (unpaired) electrons. The molecule has 1 saturated carbocycles. The highest BCUT2D eigenvalue weighted by atomic mass is 19.1. The normalized spacial score (nSPS) is 14.5. The summed E-state index contributed by atoms with van der Waals surface area (Å²) < 4.78 is 15.0. The van der Waals surface area contributed by atoms with Crippen LogP contribution in [0.25, 0.3) is 10.9 Å². The molecule has 5 rings (SSSR count). The predicted octanol–water partition coefficient (Wildman–Crippen LogP) is 3.96. The molecule has 0 atom stereocenters. The summed E-state index contributed by atoms with van der Waals surface area (Å²) >= 11 is 0. The number of hydrogen-bond acceptors (Lipinski definition) is 5. The lowest BCUT2D eigenvalue weighted by Crippen LogP contribution is -2.35. The summed E-state index contributed by atoms with van der Waals surface area (Å²) in [4.78, 5) is 18.2. The van der Waals surface area contributed by atoms with Crippen molar-refractivity contribution in [2.45, 2.75) is 58.3 Å². The number of nitrogens with zero attached hydrogens (tertiary/aromatic N) is 5. The molecule has 0 saturated heterocycles. The predicted molar refractivity (Wildman–Crippen MR) is 124 cm³/mol. The third-order valence-electron chi connectivity index (χ3n) is 6.49. The van der Waals surface area contributed by atoms with Gasteiger partial charge in [-0.15, -0.1) is 5.10 Å². The van der Waals surface area contributed by atoms with Crippen LogP contribution in [0.15, 0.2) is 53.3 Å². The molecule has 2 aromatic heterocycles. The first-order valence-corrected chi connectivity index (χ1v) is 11.4. The van der Waals surface area contributed by atoms with E-state index >= 15 is 0 Å². The van der Waals surface area contributed by atoms with Crippen molar-refractivity contribution in [3.05, 3.63) is 87.2 Å². The standard InChI is InChI=1S/C25H27FN6O/c1-17-6-9-19-13-20(25(33)27-23(19)12-17)15-31(22-4-2-3-5-22)16-24-28-29-30-32(24)14-18-7-10-21(26)11-8-18/h6-13,22H,2-5,14-16H2,1H3,(H,27,33). The van der Waals surface area contributed by atoms with Crippen molar-refractivity contribution < 1.29 is 4.39 Å². The van der Waals surface area contributed by atoms with Crippen molar-refractivity contribution in [1.82, 2.24) is 30.1 Å². The summed E-state index contributed by atoms with van der Waals surface area (Å²) in [5.74, 6) is 0.470. The average Bonchev–Trinajstić information content (AvgIpc) is 3.48. The van der Waals surface area contributed by atoms with Crippen LogP contribution < -0.4 is 5.56 Å². The quantitative estimate of drug-likeness (QED) is 0.465. The number of aryl methyl sites for hydroxylation is 1. The van der Waals surface area contributed by atoms with E-state index in [1.165, 1.54) is 25.0 Å². The van der Waals surface area contributed by atoms with Crippen LogP contribution in [0, 0.1) is 12.7 Å². The van der Waals surface area contributed by atoms with E-state index in [0.29, 0.717) is 25.7 Å². The van der Waals surface area contributed by atoms with Gasteiger partial charge in [-0.05, 0) is 71.0 Å². The first kappa shape index (κ1) is 21.5. The first-order valence-electron chi connectivity index (χ1n) is 11.4. The maximum atomic E-state index is 13.3. The van der Waals surface area contributed by atoms with E-state index in [2.05, 4.69) is 31.5 Å². The van der Waals surface area contributed by atoms with Gasteiger partial charge in [0.2, 0.25) is 0 Å². The Morgan fingerprint density at radius 2 is 1.88 bits per heavy atom. The smallest absolute Gasteiger partial charge is 0.252 e. The number of pyridine rings is 1. The molecule has 1 fully saturated rings. The first-order chi connectivity index (χ1) is 16.0. The van der Waals surface area contributed by atoms with E-state index in [1.54, 1.807) is 16.8 Å². The van der Waals surface area contributed by atoms with Gasteiger partial charge in [-0.1, -0.05) is 37.1 Å². The number of rotatable bonds is 7. The molecule has 1 aliphatic rings. The summed E-state index contributed by atoms with van der Waals surface area (Å²) in [6.07, 6.45) is 4.58. The van der Waals surface area contributed by atoms with Gasteiger partial charge in [-0.25, -0.2) is 9.07 Å². The van der Waals surface area contributed by atoms with E-state index in [9.17, 15) is 9.18 Å². The summed E-state index contributed by atoms with van der Waals surface area (Å²) in [5.41, 5.74) is 3.60. The minimum atomic E-state index is -0.265. The third kappa shape index (κ3) is 4.85. The lowest BCUT2D eigenvalue weighted by molar-refractivity contribution is 0.172. The van der Waals surface area contributed by atoms with Gasteiger partial charge >= 0.3 is 0 Å². The van der Waals surface area contributed by atoms with E-state index < -0.39 is 0 Å². The van der Waals surface area contributed by atoms with Gasteiger partial charge in [0.25, 0.3) is 5.56 Å². The van der Waals surface area contributed by atoms with Crippen LogP contribution in [-0.4, -0.2) is 36.1 Å². The molecule has 2 aromatic carbocycles. The van der Waals surface area contributed by atoms with E-state index in [0.717, 1.165) is 46.3 Å². The topological polar surface area (TPSA) is 79.7 Å². The summed E-state index contributed by atoms with van der Waals surface area (Å²) in [6, 6.07) is 14.9. The zero-order chi connectivity index (χ0) is 22.8. The highest BCUT2D eigenvalue weighted by Gasteiger charge is 2.25. The Bertz CT molecular complexity index is 1310. The molecule has 0 spiro atoms. The molecule has 170 valence electrons. The molecule has 0 aliphatic heterocycles. The second-order valence-corrected chi connectivity index (χ2v) is 8.94. The molecule has 33 heavy (non-hydrogen) atoms. The number of benzene rings is 2. The van der Waals surface area contributed by atoms with Crippen molar-refractivity contribution >= 4 is 10.9 Å². The van der Waals surface area contributed by atoms with Crippen molar-refractivity contribution in [1.29, 1.82) is 0 Å². The summed E-state index contributed by atoms with van der Waals surface area (Å²) in [7, 11) is 0. The molecule has 7 nitrogen and oxygen atoms in total. The Morgan fingerprint density at radius 1 is 1.09 bits per heavy atom. The molecular formula is C25H27FN6O. The van der Waals surface area contributed by atoms with Crippen LogP contribution in [0.5, 0.6) is 0 Å². The van der Waals surface area contributed by atoms with Gasteiger partial charge in [-0.3, -0.25) is 9.69 Å². The van der Waals surface area contributed by atoms with Gasteiger partial charge in [0, 0.05) is 23.7 Å². The molecule has 2 heterocycles. The Morgan fingerprint density at radius 3 is 2.67 bits per heavy atom. The molecule has 1 N–H and O–H groups in total. The van der Waals surface area contributed by atoms with Gasteiger partial charge in [-0.2, -0.15) is 0 Å². The van der Waals surface area contributed by atoms with E-state index in [1.807, 2.05) is 25.1 Å². The highest BCUT2D eigenvalue weighted by molar-refractivity contribution is 5.79. The van der Waals surface area contributed by atoms with Crippen LogP contribution >= 0.6 is 0 Å². The van der Waals surface area contributed by atoms with Crippen LogP contribution in [0.3, 0.4) is 0 Å². The van der Waals surface area contributed by atoms with E-state index in [-0.39, 0.29) is 11.4 Å². The second-order valence-electron chi connectivity index (χ2n) is 8.94. The van der Waals surface area contributed by atoms with Crippen LogP contribution in [-0.2, 0) is 19.6 Å². The number of H-pyrrole nitrogens is 1. The SMILES string of the molecule is Cc1ccc2cc(CN(Cc3nnnn3Cc3ccc(F)cc3)C3CCCC3)c(=O)[nH]c2c1. The molecule has 4 aromatic rings. The number of nitrogens with one attached hydrogen (secondary N) is 1. The largest absolute Gasteiger partial charge is 0.322 e. The van der Waals surface area contributed by atoms with Crippen LogP contribution in [0.2, 0.25) is 0 Å². The fraction of sp³-hybridized carbons (Fsp3) is 0.360. The monoisotopic (exact) mass is 446 g/mol. The van der Waals surface area contributed by atoms with Crippen LogP contribution in [0.4, 0.5) is 4.39 Å². The third-order valence-corrected chi connectivity index (χ3v) is 6.49. The molecule has 0 amide bonds. The minimum absolute atomic E-state index is 0.0537. The number of halogens is 1.